The van der Waals surface area contributed by atoms with E-state index in [9.17, 15) is 19.1 Å². The molecule has 0 bridgehead atoms. The van der Waals surface area contributed by atoms with Gasteiger partial charge in [-0.15, -0.1) is 0 Å². The van der Waals surface area contributed by atoms with Gasteiger partial charge in [0.25, 0.3) is 0 Å². The number of halogens is 2. The fourth-order valence-electron chi connectivity index (χ4n) is 5.89. The number of esters is 1. The zero-order chi connectivity index (χ0) is 27.6. The number of methoxy groups -OCH3 is 1. The fraction of sp³-hybridized carbons (Fsp3) is 0.500. The first-order valence-corrected chi connectivity index (χ1v) is 13.1. The predicted molar refractivity (Wildman–Crippen MR) is 143 cm³/mol. The van der Waals surface area contributed by atoms with Crippen LogP contribution in [0.1, 0.15) is 37.7 Å². The SMILES string of the molecule is COC(=O)[C@@H]1C[C@H](Oc2cc(N(C)C3CCC(c4ccccc4)(N(C)C)CC3)cc(F)c2Cl)CN1C(=O)O. The van der Waals surface area contributed by atoms with Crippen molar-refractivity contribution in [2.45, 2.75) is 55.8 Å². The summed E-state index contributed by atoms with van der Waals surface area (Å²) < 4.78 is 25.6. The van der Waals surface area contributed by atoms with Crippen LogP contribution < -0.4 is 9.64 Å². The van der Waals surface area contributed by atoms with Crippen LogP contribution in [0.25, 0.3) is 0 Å². The van der Waals surface area contributed by atoms with Gasteiger partial charge >= 0.3 is 12.1 Å². The molecule has 206 valence electrons. The molecule has 1 saturated heterocycles. The van der Waals surface area contributed by atoms with Gasteiger partial charge in [0, 0.05) is 36.8 Å². The molecule has 1 heterocycles. The van der Waals surface area contributed by atoms with Gasteiger partial charge in [0.05, 0.1) is 13.7 Å². The summed E-state index contributed by atoms with van der Waals surface area (Å²) >= 11 is 6.25. The Morgan fingerprint density at radius 3 is 2.37 bits per heavy atom. The van der Waals surface area contributed by atoms with E-state index in [4.69, 9.17) is 21.1 Å². The summed E-state index contributed by atoms with van der Waals surface area (Å²) in [7, 11) is 7.39. The third-order valence-electron chi connectivity index (χ3n) is 8.16. The van der Waals surface area contributed by atoms with E-state index in [2.05, 4.69) is 48.2 Å². The van der Waals surface area contributed by atoms with E-state index >= 15 is 0 Å². The summed E-state index contributed by atoms with van der Waals surface area (Å²) in [6.45, 7) is -0.0537. The standard InChI is InChI=1S/C28H35ClFN3O5/c1-31(2)28(18-8-6-5-7-9-18)12-10-19(11-13-28)32(3)20-14-22(30)25(29)24(15-20)38-21-16-23(26(34)37-4)33(17-21)27(35)36/h5-9,14-15,19,21,23H,10-13,16-17H2,1-4H3,(H,35,36)/t19?,21-,23-,28?/m0/s1. The van der Waals surface area contributed by atoms with E-state index in [0.29, 0.717) is 5.69 Å². The number of rotatable bonds is 7. The predicted octanol–water partition coefficient (Wildman–Crippen LogP) is 4.99. The number of likely N-dealkylation sites (tertiary alicyclic amines) is 1. The Bertz CT molecular complexity index is 1160. The Hall–Kier alpha value is -3.04. The van der Waals surface area contributed by atoms with Gasteiger partial charge in [0.15, 0.2) is 0 Å². The zero-order valence-corrected chi connectivity index (χ0v) is 22.9. The largest absolute Gasteiger partial charge is 0.487 e. The minimum absolute atomic E-state index is 0.0488. The summed E-state index contributed by atoms with van der Waals surface area (Å²) in [5, 5.41) is 9.31. The first kappa shape index (κ1) is 28.0. The average molecular weight is 548 g/mol. The molecule has 38 heavy (non-hydrogen) atoms. The van der Waals surface area contributed by atoms with Crippen LogP contribution >= 0.6 is 11.6 Å². The van der Waals surface area contributed by atoms with Crippen molar-refractivity contribution in [3.05, 3.63) is 58.9 Å². The number of carboxylic acid groups (broad SMARTS) is 1. The molecule has 10 heteroatoms. The lowest BCUT2D eigenvalue weighted by Crippen LogP contribution is -2.48. The number of ether oxygens (including phenoxy) is 2. The molecule has 0 radical (unpaired) electrons. The average Bonchev–Trinajstić information content (AvgIpc) is 3.35. The minimum Gasteiger partial charge on any atom is -0.487 e. The second kappa shape index (κ2) is 11.4. The highest BCUT2D eigenvalue weighted by Gasteiger charge is 2.42. The molecule has 0 unspecified atom stereocenters. The van der Waals surface area contributed by atoms with E-state index in [1.165, 1.54) is 18.7 Å². The van der Waals surface area contributed by atoms with Crippen LogP contribution in [-0.2, 0) is 15.1 Å². The summed E-state index contributed by atoms with van der Waals surface area (Å²) in [6.07, 6.45) is 1.92. The van der Waals surface area contributed by atoms with Crippen molar-refractivity contribution < 1.29 is 28.6 Å². The number of hydrogen-bond donors (Lipinski definition) is 1. The van der Waals surface area contributed by atoms with Gasteiger partial charge in [-0.25, -0.2) is 14.0 Å². The normalized spacial score (nSPS) is 25.3. The third kappa shape index (κ3) is 5.40. The van der Waals surface area contributed by atoms with Crippen LogP contribution in [0.2, 0.25) is 5.02 Å². The Labute approximate surface area is 227 Å². The van der Waals surface area contributed by atoms with E-state index in [1.54, 1.807) is 6.07 Å². The Morgan fingerprint density at radius 2 is 1.79 bits per heavy atom. The fourth-order valence-corrected chi connectivity index (χ4v) is 6.05. The van der Waals surface area contributed by atoms with Crippen molar-refractivity contribution in [2.24, 2.45) is 0 Å². The lowest BCUT2D eigenvalue weighted by atomic mass is 9.73. The van der Waals surface area contributed by atoms with Gasteiger partial charge in [-0.1, -0.05) is 41.9 Å². The van der Waals surface area contributed by atoms with Crippen LogP contribution in [0.3, 0.4) is 0 Å². The highest BCUT2D eigenvalue weighted by molar-refractivity contribution is 6.32. The quantitative estimate of drug-likeness (QED) is 0.489. The topological polar surface area (TPSA) is 82.6 Å². The number of nitrogens with zero attached hydrogens (tertiary/aromatic N) is 3. The van der Waals surface area contributed by atoms with Gasteiger partial charge < -0.3 is 19.5 Å². The Kier molecular flexibility index (Phi) is 8.37. The maximum atomic E-state index is 14.9. The Balaban J connectivity index is 1.50. The second-order valence-electron chi connectivity index (χ2n) is 10.3. The van der Waals surface area contributed by atoms with Gasteiger partial charge in [-0.05, 0) is 51.4 Å². The van der Waals surface area contributed by atoms with Gasteiger partial charge in [-0.3, -0.25) is 9.80 Å². The molecule has 0 spiro atoms. The van der Waals surface area contributed by atoms with E-state index in [0.717, 1.165) is 30.6 Å². The maximum Gasteiger partial charge on any atom is 0.408 e. The zero-order valence-electron chi connectivity index (χ0n) is 22.2. The molecule has 2 atom stereocenters. The van der Waals surface area contributed by atoms with Crippen molar-refractivity contribution >= 4 is 29.4 Å². The van der Waals surface area contributed by atoms with E-state index in [-0.39, 0.29) is 35.3 Å². The molecule has 2 fully saturated rings. The molecule has 2 aromatic rings. The molecular weight excluding hydrogens is 513 g/mol. The monoisotopic (exact) mass is 547 g/mol. The van der Waals surface area contributed by atoms with Crippen molar-refractivity contribution in [2.75, 3.05) is 39.7 Å². The molecule has 2 aromatic carbocycles. The number of hydrogen-bond acceptors (Lipinski definition) is 6. The molecule has 1 amide bonds. The van der Waals surface area contributed by atoms with Crippen LogP contribution in [0.4, 0.5) is 14.9 Å². The molecule has 1 aliphatic carbocycles. The van der Waals surface area contributed by atoms with Crippen molar-refractivity contribution in [3.8, 4) is 5.75 Å². The van der Waals surface area contributed by atoms with Crippen LogP contribution in [-0.4, -0.2) is 80.0 Å². The third-order valence-corrected chi connectivity index (χ3v) is 8.53. The lowest BCUT2D eigenvalue weighted by Gasteiger charge is -2.47. The van der Waals surface area contributed by atoms with Crippen LogP contribution in [0.15, 0.2) is 42.5 Å². The smallest absolute Gasteiger partial charge is 0.408 e. The van der Waals surface area contributed by atoms with E-state index in [1.807, 2.05) is 13.1 Å². The molecule has 1 saturated carbocycles. The highest BCUT2D eigenvalue weighted by Crippen LogP contribution is 2.43. The number of benzene rings is 2. The van der Waals surface area contributed by atoms with Gasteiger partial charge in [0.2, 0.25) is 0 Å². The lowest BCUT2D eigenvalue weighted by molar-refractivity contribution is -0.145. The summed E-state index contributed by atoms with van der Waals surface area (Å²) in [5.74, 6) is -1.16. The molecule has 2 aliphatic rings. The van der Waals surface area contributed by atoms with Crippen molar-refractivity contribution in [3.63, 3.8) is 0 Å². The molecule has 8 nitrogen and oxygen atoms in total. The van der Waals surface area contributed by atoms with Crippen molar-refractivity contribution in [1.29, 1.82) is 0 Å². The van der Waals surface area contributed by atoms with Crippen LogP contribution in [0.5, 0.6) is 5.75 Å². The molecule has 1 N–H and O–H groups in total. The molecule has 0 aromatic heterocycles. The number of amides is 1. The number of anilines is 1. The molecular formula is C28H35ClFN3O5. The first-order valence-electron chi connectivity index (χ1n) is 12.8. The van der Waals surface area contributed by atoms with E-state index < -0.39 is 30.0 Å². The van der Waals surface area contributed by atoms with Crippen molar-refractivity contribution in [1.82, 2.24) is 9.80 Å². The summed E-state index contributed by atoms with van der Waals surface area (Å²) in [6, 6.07) is 12.8. The first-order chi connectivity index (χ1) is 18.1. The van der Waals surface area contributed by atoms with Gasteiger partial charge in [-0.2, -0.15) is 0 Å². The minimum atomic E-state index is -1.25. The molecule has 1 aliphatic heterocycles. The Morgan fingerprint density at radius 1 is 1.13 bits per heavy atom. The van der Waals surface area contributed by atoms with Gasteiger partial charge in [0.1, 0.15) is 28.7 Å². The summed E-state index contributed by atoms with van der Waals surface area (Å²) in [5.41, 5.74) is 1.88. The highest BCUT2D eigenvalue weighted by atomic mass is 35.5. The second-order valence-corrected chi connectivity index (χ2v) is 10.7. The number of carbonyl (C=O) groups excluding carboxylic acids is 1. The number of carbonyl (C=O) groups is 2. The van der Waals surface area contributed by atoms with Crippen LogP contribution in [0, 0.1) is 5.82 Å². The summed E-state index contributed by atoms with van der Waals surface area (Å²) in [4.78, 5) is 29.0. The maximum absolute atomic E-state index is 14.9. The molecule has 4 rings (SSSR count).